The number of carbonyl (C=O) groups is 1. The van der Waals surface area contributed by atoms with Gasteiger partial charge in [0.25, 0.3) is 0 Å². The molecular formula is C7H12N2O. The molecule has 2 rings (SSSR count). The molecule has 0 aromatic rings. The molecule has 3 heteroatoms. The molecule has 0 aromatic heterocycles. The standard InChI is InChI=1S/C7H12N2O/c8-7-5-2-1-3-9(5)4-6(7)10/h5,7H,1-4,8H2/t5?,7-/m1/s1. The Hall–Kier alpha value is -0.410. The molecule has 2 aliphatic heterocycles. The largest absolute Gasteiger partial charge is 0.320 e. The van der Waals surface area contributed by atoms with Gasteiger partial charge in [0.2, 0.25) is 0 Å². The van der Waals surface area contributed by atoms with Crippen molar-refractivity contribution >= 4 is 5.78 Å². The molecule has 0 amide bonds. The van der Waals surface area contributed by atoms with E-state index in [0.29, 0.717) is 12.6 Å². The van der Waals surface area contributed by atoms with Gasteiger partial charge < -0.3 is 5.73 Å². The Morgan fingerprint density at radius 1 is 1.60 bits per heavy atom. The van der Waals surface area contributed by atoms with Crippen LogP contribution in [0, 0.1) is 0 Å². The number of ketones is 1. The van der Waals surface area contributed by atoms with Gasteiger partial charge in [-0.1, -0.05) is 0 Å². The SMILES string of the molecule is N[C@H]1C(=O)CN2CCCC12. The molecule has 56 valence electrons. The molecule has 2 fully saturated rings. The molecule has 2 atom stereocenters. The highest BCUT2D eigenvalue weighted by molar-refractivity contribution is 5.88. The zero-order chi connectivity index (χ0) is 7.14. The Bertz CT molecular complexity index is 169. The van der Waals surface area contributed by atoms with Crippen LogP contribution in [-0.2, 0) is 4.79 Å². The quantitative estimate of drug-likeness (QED) is 0.487. The summed E-state index contributed by atoms with van der Waals surface area (Å²) in [4.78, 5) is 13.2. The van der Waals surface area contributed by atoms with Crippen molar-refractivity contribution in [1.29, 1.82) is 0 Å². The predicted molar refractivity (Wildman–Crippen MR) is 37.6 cm³/mol. The lowest BCUT2D eigenvalue weighted by Gasteiger charge is -2.14. The zero-order valence-corrected chi connectivity index (χ0v) is 5.92. The molecule has 10 heavy (non-hydrogen) atoms. The van der Waals surface area contributed by atoms with E-state index in [4.69, 9.17) is 5.73 Å². The van der Waals surface area contributed by atoms with Gasteiger partial charge in [-0.25, -0.2) is 0 Å². The Kier molecular flexibility index (Phi) is 1.28. The van der Waals surface area contributed by atoms with E-state index < -0.39 is 0 Å². The number of rotatable bonds is 0. The van der Waals surface area contributed by atoms with E-state index in [0.717, 1.165) is 13.0 Å². The molecule has 2 N–H and O–H groups in total. The van der Waals surface area contributed by atoms with Crippen molar-refractivity contribution in [2.75, 3.05) is 13.1 Å². The molecule has 0 radical (unpaired) electrons. The van der Waals surface area contributed by atoms with Crippen LogP contribution in [-0.4, -0.2) is 35.9 Å². The Balaban J connectivity index is 2.16. The van der Waals surface area contributed by atoms with Crippen LogP contribution in [0.4, 0.5) is 0 Å². The van der Waals surface area contributed by atoms with Crippen LogP contribution in [0.3, 0.4) is 0 Å². The highest BCUT2D eigenvalue weighted by Crippen LogP contribution is 2.24. The summed E-state index contributed by atoms with van der Waals surface area (Å²) in [6.45, 7) is 1.68. The summed E-state index contributed by atoms with van der Waals surface area (Å²) in [5.41, 5.74) is 5.67. The van der Waals surface area contributed by atoms with Gasteiger partial charge in [-0.05, 0) is 19.4 Å². The lowest BCUT2D eigenvalue weighted by atomic mass is 10.1. The van der Waals surface area contributed by atoms with Gasteiger partial charge in [0.1, 0.15) is 0 Å². The third-order valence-electron chi connectivity index (χ3n) is 2.56. The van der Waals surface area contributed by atoms with Crippen LogP contribution in [0.5, 0.6) is 0 Å². The minimum absolute atomic E-state index is 0.178. The van der Waals surface area contributed by atoms with Crippen molar-refractivity contribution < 1.29 is 4.79 Å². The number of Topliss-reactive ketones (excluding diaryl/α,β-unsaturated/α-hetero) is 1. The van der Waals surface area contributed by atoms with Crippen molar-refractivity contribution in [3.8, 4) is 0 Å². The fourth-order valence-corrected chi connectivity index (χ4v) is 1.98. The van der Waals surface area contributed by atoms with Gasteiger partial charge >= 0.3 is 0 Å². The van der Waals surface area contributed by atoms with Gasteiger partial charge in [-0.2, -0.15) is 0 Å². The molecule has 2 heterocycles. The van der Waals surface area contributed by atoms with Crippen molar-refractivity contribution in [1.82, 2.24) is 4.90 Å². The van der Waals surface area contributed by atoms with Gasteiger partial charge in [0.15, 0.2) is 5.78 Å². The van der Waals surface area contributed by atoms with Gasteiger partial charge in [-0.15, -0.1) is 0 Å². The van der Waals surface area contributed by atoms with Crippen molar-refractivity contribution in [3.05, 3.63) is 0 Å². The maximum atomic E-state index is 11.0. The summed E-state index contributed by atoms with van der Waals surface area (Å²) < 4.78 is 0. The zero-order valence-electron chi connectivity index (χ0n) is 5.92. The van der Waals surface area contributed by atoms with E-state index in [2.05, 4.69) is 4.90 Å². The second kappa shape index (κ2) is 2.04. The lowest BCUT2D eigenvalue weighted by Crippen LogP contribution is -2.37. The summed E-state index contributed by atoms with van der Waals surface area (Å²) in [7, 11) is 0. The Morgan fingerprint density at radius 2 is 2.40 bits per heavy atom. The Morgan fingerprint density at radius 3 is 3.10 bits per heavy atom. The normalized spacial score (nSPS) is 40.7. The minimum Gasteiger partial charge on any atom is -0.320 e. The molecular weight excluding hydrogens is 128 g/mol. The van der Waals surface area contributed by atoms with E-state index in [1.165, 1.54) is 6.42 Å². The minimum atomic E-state index is -0.178. The number of nitrogens with two attached hydrogens (primary N) is 1. The van der Waals surface area contributed by atoms with Crippen molar-refractivity contribution in [2.45, 2.75) is 24.9 Å². The van der Waals surface area contributed by atoms with Crippen molar-refractivity contribution in [3.63, 3.8) is 0 Å². The first-order chi connectivity index (χ1) is 4.79. The van der Waals surface area contributed by atoms with Crippen LogP contribution in [0.1, 0.15) is 12.8 Å². The van der Waals surface area contributed by atoms with Crippen LogP contribution in [0.15, 0.2) is 0 Å². The van der Waals surface area contributed by atoms with Gasteiger partial charge in [0, 0.05) is 6.04 Å². The lowest BCUT2D eigenvalue weighted by molar-refractivity contribution is -0.118. The van der Waals surface area contributed by atoms with Crippen LogP contribution >= 0.6 is 0 Å². The number of nitrogens with zero attached hydrogens (tertiary/aromatic N) is 1. The highest BCUT2D eigenvalue weighted by Gasteiger charge is 2.40. The molecule has 2 saturated heterocycles. The number of hydrogen-bond acceptors (Lipinski definition) is 3. The molecule has 0 saturated carbocycles. The monoisotopic (exact) mass is 140 g/mol. The molecule has 0 bridgehead atoms. The average molecular weight is 140 g/mol. The molecule has 0 spiro atoms. The van der Waals surface area contributed by atoms with Crippen LogP contribution in [0.2, 0.25) is 0 Å². The highest BCUT2D eigenvalue weighted by atomic mass is 16.1. The second-order valence-corrected chi connectivity index (χ2v) is 3.17. The summed E-state index contributed by atoms with van der Waals surface area (Å²) in [6.07, 6.45) is 2.33. The first-order valence-electron chi connectivity index (χ1n) is 3.81. The van der Waals surface area contributed by atoms with E-state index in [9.17, 15) is 4.79 Å². The van der Waals surface area contributed by atoms with E-state index in [-0.39, 0.29) is 11.8 Å². The molecule has 0 aliphatic carbocycles. The van der Waals surface area contributed by atoms with E-state index >= 15 is 0 Å². The molecule has 3 nitrogen and oxygen atoms in total. The van der Waals surface area contributed by atoms with Gasteiger partial charge in [-0.3, -0.25) is 9.69 Å². The molecule has 2 aliphatic rings. The number of carbonyl (C=O) groups excluding carboxylic acids is 1. The van der Waals surface area contributed by atoms with Crippen LogP contribution < -0.4 is 5.73 Å². The van der Waals surface area contributed by atoms with Crippen molar-refractivity contribution in [2.24, 2.45) is 5.73 Å². The summed E-state index contributed by atoms with van der Waals surface area (Å²) >= 11 is 0. The summed E-state index contributed by atoms with van der Waals surface area (Å²) in [6, 6.07) is 0.204. The average Bonchev–Trinajstić information content (AvgIpc) is 2.41. The maximum absolute atomic E-state index is 11.0. The molecule has 1 unspecified atom stereocenters. The smallest absolute Gasteiger partial charge is 0.165 e. The maximum Gasteiger partial charge on any atom is 0.165 e. The summed E-state index contributed by atoms with van der Waals surface area (Å²) in [5, 5.41) is 0. The molecule has 0 aromatic carbocycles. The Labute approximate surface area is 60.2 Å². The first kappa shape index (κ1) is 6.31. The second-order valence-electron chi connectivity index (χ2n) is 3.17. The fourth-order valence-electron chi connectivity index (χ4n) is 1.98. The predicted octanol–water partition coefficient (Wildman–Crippen LogP) is -0.639. The van der Waals surface area contributed by atoms with E-state index in [1.54, 1.807) is 0 Å². The van der Waals surface area contributed by atoms with E-state index in [1.807, 2.05) is 0 Å². The topological polar surface area (TPSA) is 46.3 Å². The third kappa shape index (κ3) is 0.707. The first-order valence-corrected chi connectivity index (χ1v) is 3.81. The number of hydrogen-bond donors (Lipinski definition) is 1. The third-order valence-corrected chi connectivity index (χ3v) is 2.56. The number of fused-ring (bicyclic) bond motifs is 1. The van der Waals surface area contributed by atoms with Crippen LogP contribution in [0.25, 0.3) is 0 Å². The summed E-state index contributed by atoms with van der Waals surface area (Å²) in [5.74, 6) is 0.227. The fraction of sp³-hybridized carbons (Fsp3) is 0.857. The van der Waals surface area contributed by atoms with Gasteiger partial charge in [0.05, 0.1) is 12.6 Å².